The first-order valence-corrected chi connectivity index (χ1v) is 4.63. The molecule has 0 unspecified atom stereocenters. The molecule has 11 heavy (non-hydrogen) atoms. The van der Waals surface area contributed by atoms with Crippen LogP contribution in [0.2, 0.25) is 0 Å². The Balaban J connectivity index is 1.73. The van der Waals surface area contributed by atoms with Gasteiger partial charge in [0.1, 0.15) is 0 Å². The quantitative estimate of drug-likeness (QED) is 0.639. The minimum atomic E-state index is -0.292. The van der Waals surface area contributed by atoms with Crippen LogP contribution in [0.25, 0.3) is 0 Å². The zero-order valence-corrected chi connectivity index (χ0v) is 7.21. The summed E-state index contributed by atoms with van der Waals surface area (Å²) in [6.07, 6.45) is 3.27. The Morgan fingerprint density at radius 1 is 1.45 bits per heavy atom. The Bertz CT molecular complexity index is 148. The van der Waals surface area contributed by atoms with Gasteiger partial charge in [-0.05, 0) is 25.2 Å². The second-order valence-corrected chi connectivity index (χ2v) is 4.38. The average Bonchev–Trinajstić information content (AvgIpc) is 1.81. The Morgan fingerprint density at radius 2 is 2.09 bits per heavy atom. The second-order valence-electron chi connectivity index (χ2n) is 4.38. The predicted octanol–water partition coefficient (Wildman–Crippen LogP) is 0.853. The molecule has 1 aliphatic heterocycles. The van der Waals surface area contributed by atoms with Gasteiger partial charge < -0.3 is 5.11 Å². The van der Waals surface area contributed by atoms with E-state index >= 15 is 0 Å². The summed E-state index contributed by atoms with van der Waals surface area (Å²) in [5, 5.41) is 9.79. The maximum absolute atomic E-state index is 9.79. The molecule has 0 atom stereocenters. The number of nitrogens with zero attached hydrogens (tertiary/aromatic N) is 1. The molecule has 2 nitrogen and oxygen atoms in total. The molecule has 64 valence electrons. The summed E-state index contributed by atoms with van der Waals surface area (Å²) in [5.74, 6) is 0.860. The number of likely N-dealkylation sites (tertiary alicyclic amines) is 1. The van der Waals surface area contributed by atoms with E-state index in [0.717, 1.165) is 25.3 Å². The molecule has 0 aromatic rings. The SMILES string of the molecule is CC1CN(CC2(O)CCC2)C1. The zero-order chi connectivity index (χ0) is 7.90. The third-order valence-electron chi connectivity index (χ3n) is 2.94. The summed E-state index contributed by atoms with van der Waals surface area (Å²) >= 11 is 0. The van der Waals surface area contributed by atoms with Crippen molar-refractivity contribution < 1.29 is 5.11 Å². The van der Waals surface area contributed by atoms with Gasteiger partial charge in [0.2, 0.25) is 0 Å². The Labute approximate surface area is 68.2 Å². The third kappa shape index (κ3) is 1.42. The fourth-order valence-electron chi connectivity index (χ4n) is 2.12. The second kappa shape index (κ2) is 2.46. The van der Waals surface area contributed by atoms with Crippen LogP contribution in [-0.4, -0.2) is 35.2 Å². The highest BCUT2D eigenvalue weighted by molar-refractivity contribution is 4.93. The fraction of sp³-hybridized carbons (Fsp3) is 1.00. The van der Waals surface area contributed by atoms with E-state index in [1.54, 1.807) is 0 Å². The Kier molecular flexibility index (Phi) is 1.69. The lowest BCUT2D eigenvalue weighted by atomic mass is 9.79. The van der Waals surface area contributed by atoms with E-state index in [2.05, 4.69) is 11.8 Å². The number of β-amino-alcohol motifs (C(OH)–C–C–N with tert-alkyl or cyclic N) is 1. The van der Waals surface area contributed by atoms with Crippen molar-refractivity contribution in [2.24, 2.45) is 5.92 Å². The first-order chi connectivity index (χ1) is 5.18. The molecule has 1 N–H and O–H groups in total. The van der Waals surface area contributed by atoms with Crippen LogP contribution in [0.5, 0.6) is 0 Å². The van der Waals surface area contributed by atoms with E-state index in [1.807, 2.05) is 0 Å². The highest BCUT2D eigenvalue weighted by atomic mass is 16.3. The highest BCUT2D eigenvalue weighted by Crippen LogP contribution is 2.33. The van der Waals surface area contributed by atoms with E-state index in [-0.39, 0.29) is 5.60 Å². The summed E-state index contributed by atoms with van der Waals surface area (Å²) in [7, 11) is 0. The van der Waals surface area contributed by atoms with Crippen LogP contribution >= 0.6 is 0 Å². The van der Waals surface area contributed by atoms with Gasteiger partial charge in [-0.25, -0.2) is 0 Å². The molecule has 2 heteroatoms. The van der Waals surface area contributed by atoms with Crippen molar-refractivity contribution in [1.29, 1.82) is 0 Å². The van der Waals surface area contributed by atoms with Gasteiger partial charge in [0.05, 0.1) is 5.60 Å². The summed E-state index contributed by atoms with van der Waals surface area (Å²) in [4.78, 5) is 2.36. The van der Waals surface area contributed by atoms with Crippen LogP contribution in [0.15, 0.2) is 0 Å². The van der Waals surface area contributed by atoms with Crippen LogP contribution in [0.4, 0.5) is 0 Å². The minimum Gasteiger partial charge on any atom is -0.389 e. The van der Waals surface area contributed by atoms with Gasteiger partial charge in [-0.1, -0.05) is 6.92 Å². The first-order valence-electron chi connectivity index (χ1n) is 4.63. The van der Waals surface area contributed by atoms with Crippen molar-refractivity contribution in [3.63, 3.8) is 0 Å². The lowest BCUT2D eigenvalue weighted by molar-refractivity contribution is -0.0783. The molecule has 1 saturated carbocycles. The van der Waals surface area contributed by atoms with E-state index in [0.29, 0.717) is 0 Å². The minimum absolute atomic E-state index is 0.292. The zero-order valence-electron chi connectivity index (χ0n) is 7.21. The molecule has 2 rings (SSSR count). The summed E-state index contributed by atoms with van der Waals surface area (Å²) in [6.45, 7) is 5.59. The van der Waals surface area contributed by atoms with Gasteiger partial charge in [-0.15, -0.1) is 0 Å². The number of hydrogen-bond acceptors (Lipinski definition) is 2. The van der Waals surface area contributed by atoms with Crippen molar-refractivity contribution in [2.75, 3.05) is 19.6 Å². The summed E-state index contributed by atoms with van der Waals surface area (Å²) < 4.78 is 0. The topological polar surface area (TPSA) is 23.5 Å². The number of rotatable bonds is 2. The average molecular weight is 155 g/mol. The lowest BCUT2D eigenvalue weighted by Gasteiger charge is -2.46. The van der Waals surface area contributed by atoms with E-state index < -0.39 is 0 Å². The van der Waals surface area contributed by atoms with Gasteiger partial charge in [-0.2, -0.15) is 0 Å². The van der Waals surface area contributed by atoms with Crippen LogP contribution in [0.1, 0.15) is 26.2 Å². The molecule has 2 fully saturated rings. The van der Waals surface area contributed by atoms with Gasteiger partial charge in [0.25, 0.3) is 0 Å². The van der Waals surface area contributed by atoms with Crippen molar-refractivity contribution in [3.05, 3.63) is 0 Å². The van der Waals surface area contributed by atoms with Gasteiger partial charge in [0.15, 0.2) is 0 Å². The monoisotopic (exact) mass is 155 g/mol. The van der Waals surface area contributed by atoms with Gasteiger partial charge in [0, 0.05) is 19.6 Å². The lowest BCUT2D eigenvalue weighted by Crippen LogP contribution is -2.55. The molecule has 0 aromatic heterocycles. The highest BCUT2D eigenvalue weighted by Gasteiger charge is 2.38. The van der Waals surface area contributed by atoms with Crippen LogP contribution < -0.4 is 0 Å². The first kappa shape index (κ1) is 7.56. The molecule has 2 aliphatic rings. The molecule has 0 aromatic carbocycles. The van der Waals surface area contributed by atoms with E-state index in [1.165, 1.54) is 19.5 Å². The molecule has 1 heterocycles. The van der Waals surface area contributed by atoms with Crippen molar-refractivity contribution in [2.45, 2.75) is 31.8 Å². The normalized spacial score (nSPS) is 31.1. The molecule has 0 amide bonds. The maximum atomic E-state index is 9.79. The molecule has 0 spiro atoms. The van der Waals surface area contributed by atoms with E-state index in [4.69, 9.17) is 0 Å². The van der Waals surface area contributed by atoms with Crippen molar-refractivity contribution >= 4 is 0 Å². The van der Waals surface area contributed by atoms with Crippen LogP contribution in [-0.2, 0) is 0 Å². The number of aliphatic hydroxyl groups is 1. The summed E-state index contributed by atoms with van der Waals surface area (Å²) in [6, 6.07) is 0. The smallest absolute Gasteiger partial charge is 0.0774 e. The molecule has 1 saturated heterocycles. The summed E-state index contributed by atoms with van der Waals surface area (Å²) in [5.41, 5.74) is -0.292. The van der Waals surface area contributed by atoms with Crippen LogP contribution in [0, 0.1) is 5.92 Å². The Morgan fingerprint density at radius 3 is 2.45 bits per heavy atom. The molecule has 0 bridgehead atoms. The molecular weight excluding hydrogens is 138 g/mol. The molecular formula is C9H17NO. The maximum Gasteiger partial charge on any atom is 0.0774 e. The van der Waals surface area contributed by atoms with Gasteiger partial charge in [-0.3, -0.25) is 4.90 Å². The van der Waals surface area contributed by atoms with E-state index in [9.17, 15) is 5.11 Å². The van der Waals surface area contributed by atoms with Gasteiger partial charge >= 0.3 is 0 Å². The Hall–Kier alpha value is -0.0800. The van der Waals surface area contributed by atoms with Crippen LogP contribution in [0.3, 0.4) is 0 Å². The number of hydrogen-bond donors (Lipinski definition) is 1. The molecule has 1 aliphatic carbocycles. The largest absolute Gasteiger partial charge is 0.389 e. The fourth-order valence-corrected chi connectivity index (χ4v) is 2.12. The van der Waals surface area contributed by atoms with Crippen molar-refractivity contribution in [3.8, 4) is 0 Å². The third-order valence-corrected chi connectivity index (χ3v) is 2.94. The molecule has 0 radical (unpaired) electrons. The predicted molar refractivity (Wildman–Crippen MR) is 44.4 cm³/mol. The standard InChI is InChI=1S/C9H17NO/c1-8-5-10(6-8)7-9(11)3-2-4-9/h8,11H,2-7H2,1H3. The van der Waals surface area contributed by atoms with Crippen molar-refractivity contribution in [1.82, 2.24) is 4.90 Å².